The van der Waals surface area contributed by atoms with Crippen LogP contribution in [-0.2, 0) is 4.79 Å². The summed E-state index contributed by atoms with van der Waals surface area (Å²) in [4.78, 5) is 16.6. The van der Waals surface area contributed by atoms with Crippen LogP contribution in [0.2, 0.25) is 0 Å². The molecule has 0 aromatic rings. The van der Waals surface area contributed by atoms with E-state index in [0.29, 0.717) is 0 Å². The van der Waals surface area contributed by atoms with E-state index in [1.807, 2.05) is 6.92 Å². The quantitative estimate of drug-likeness (QED) is 0.666. The van der Waals surface area contributed by atoms with Gasteiger partial charge in [0.25, 0.3) is 0 Å². The van der Waals surface area contributed by atoms with E-state index in [2.05, 4.69) is 22.0 Å². The van der Waals surface area contributed by atoms with Crippen LogP contribution in [0.5, 0.6) is 0 Å². The average molecular weight is 256 g/mol. The molecule has 5 nitrogen and oxygen atoms in total. The number of piperazine rings is 1. The van der Waals surface area contributed by atoms with Crippen LogP contribution in [0.15, 0.2) is 0 Å². The molecule has 1 saturated heterocycles. The molecule has 0 saturated carbocycles. The number of rotatable bonds is 7. The Kier molecular flexibility index (Phi) is 7.23. The predicted molar refractivity (Wildman–Crippen MR) is 74.4 cm³/mol. The van der Waals surface area contributed by atoms with E-state index in [-0.39, 0.29) is 11.9 Å². The van der Waals surface area contributed by atoms with Gasteiger partial charge in [-0.05, 0) is 32.9 Å². The highest BCUT2D eigenvalue weighted by Gasteiger charge is 2.24. The third kappa shape index (κ3) is 4.92. The topological polar surface area (TPSA) is 61.6 Å². The number of carbonyl (C=O) groups excluding carboxylic acids is 1. The van der Waals surface area contributed by atoms with Gasteiger partial charge in [-0.2, -0.15) is 0 Å². The molecule has 0 bridgehead atoms. The van der Waals surface area contributed by atoms with E-state index >= 15 is 0 Å². The van der Waals surface area contributed by atoms with Crippen molar-refractivity contribution in [2.24, 2.45) is 5.73 Å². The van der Waals surface area contributed by atoms with Crippen LogP contribution in [-0.4, -0.2) is 67.6 Å². The van der Waals surface area contributed by atoms with Gasteiger partial charge in [-0.3, -0.25) is 9.69 Å². The molecule has 1 aliphatic rings. The van der Waals surface area contributed by atoms with Crippen molar-refractivity contribution >= 4 is 5.91 Å². The summed E-state index contributed by atoms with van der Waals surface area (Å²) in [6.45, 7) is 10.7. The number of carbonyl (C=O) groups is 1. The summed E-state index contributed by atoms with van der Waals surface area (Å²) in [5.41, 5.74) is 5.52. The molecule has 1 atom stereocenters. The van der Waals surface area contributed by atoms with Crippen LogP contribution in [0.1, 0.15) is 26.7 Å². The number of hydrogen-bond donors (Lipinski definition) is 2. The summed E-state index contributed by atoms with van der Waals surface area (Å²) in [7, 11) is 0. The minimum Gasteiger partial charge on any atom is -0.355 e. The SMILES string of the molecule is CCCNC(=O)C(C)N1CCN(CCCN)CC1. The Hall–Kier alpha value is -0.650. The van der Waals surface area contributed by atoms with Crippen molar-refractivity contribution in [3.63, 3.8) is 0 Å². The number of hydrogen-bond acceptors (Lipinski definition) is 4. The minimum absolute atomic E-state index is 0.00629. The zero-order valence-electron chi connectivity index (χ0n) is 11.8. The van der Waals surface area contributed by atoms with E-state index in [9.17, 15) is 4.79 Å². The van der Waals surface area contributed by atoms with Gasteiger partial charge in [0.05, 0.1) is 6.04 Å². The number of nitrogens with two attached hydrogens (primary N) is 1. The standard InChI is InChI=1S/C13H28N4O/c1-3-6-15-13(18)12(2)17-10-8-16(9-11-17)7-4-5-14/h12H,3-11,14H2,1-2H3,(H,15,18). The third-order valence-corrected chi connectivity index (χ3v) is 3.56. The van der Waals surface area contributed by atoms with E-state index in [4.69, 9.17) is 5.73 Å². The zero-order valence-corrected chi connectivity index (χ0v) is 11.8. The summed E-state index contributed by atoms with van der Waals surface area (Å²) >= 11 is 0. The molecule has 1 rings (SSSR count). The van der Waals surface area contributed by atoms with Crippen LogP contribution >= 0.6 is 0 Å². The third-order valence-electron chi connectivity index (χ3n) is 3.56. The summed E-state index contributed by atoms with van der Waals surface area (Å²) in [5, 5.41) is 2.96. The maximum atomic E-state index is 11.9. The minimum atomic E-state index is -0.00629. The second-order valence-electron chi connectivity index (χ2n) is 4.99. The van der Waals surface area contributed by atoms with Gasteiger partial charge < -0.3 is 16.0 Å². The molecule has 1 unspecified atom stereocenters. The van der Waals surface area contributed by atoms with Crippen molar-refractivity contribution < 1.29 is 4.79 Å². The number of nitrogens with zero attached hydrogens (tertiary/aromatic N) is 2. The average Bonchev–Trinajstić information content (AvgIpc) is 2.42. The molecule has 5 heteroatoms. The number of nitrogens with one attached hydrogen (secondary N) is 1. The van der Waals surface area contributed by atoms with Crippen LogP contribution in [0.3, 0.4) is 0 Å². The highest BCUT2D eigenvalue weighted by atomic mass is 16.2. The molecule has 106 valence electrons. The van der Waals surface area contributed by atoms with Gasteiger partial charge in [-0.25, -0.2) is 0 Å². The van der Waals surface area contributed by atoms with E-state index < -0.39 is 0 Å². The molecule has 1 aliphatic heterocycles. The smallest absolute Gasteiger partial charge is 0.237 e. The van der Waals surface area contributed by atoms with Gasteiger partial charge >= 0.3 is 0 Å². The molecule has 1 heterocycles. The van der Waals surface area contributed by atoms with Crippen molar-refractivity contribution in [3.05, 3.63) is 0 Å². The second kappa shape index (κ2) is 8.45. The lowest BCUT2D eigenvalue weighted by Crippen LogP contribution is -2.54. The van der Waals surface area contributed by atoms with Gasteiger partial charge in [-0.15, -0.1) is 0 Å². The Balaban J connectivity index is 2.26. The summed E-state index contributed by atoms with van der Waals surface area (Å²) in [5.74, 6) is 0.159. The first-order valence-electron chi connectivity index (χ1n) is 7.13. The lowest BCUT2D eigenvalue weighted by molar-refractivity contribution is -0.126. The maximum absolute atomic E-state index is 11.9. The van der Waals surface area contributed by atoms with Crippen LogP contribution in [0.25, 0.3) is 0 Å². The fourth-order valence-electron chi connectivity index (χ4n) is 2.25. The Morgan fingerprint density at radius 1 is 1.33 bits per heavy atom. The first kappa shape index (κ1) is 15.4. The molecule has 1 amide bonds. The van der Waals surface area contributed by atoms with Crippen LogP contribution < -0.4 is 11.1 Å². The molecule has 3 N–H and O–H groups in total. The van der Waals surface area contributed by atoms with Crippen molar-refractivity contribution in [2.75, 3.05) is 45.8 Å². The first-order chi connectivity index (χ1) is 8.69. The molecular formula is C13H28N4O. The van der Waals surface area contributed by atoms with Gasteiger partial charge in [-0.1, -0.05) is 6.92 Å². The van der Waals surface area contributed by atoms with E-state index in [0.717, 1.165) is 58.7 Å². The largest absolute Gasteiger partial charge is 0.355 e. The maximum Gasteiger partial charge on any atom is 0.237 e. The fraction of sp³-hybridized carbons (Fsp3) is 0.923. The second-order valence-corrected chi connectivity index (χ2v) is 4.99. The fourth-order valence-corrected chi connectivity index (χ4v) is 2.25. The molecule has 18 heavy (non-hydrogen) atoms. The van der Waals surface area contributed by atoms with Gasteiger partial charge in [0.15, 0.2) is 0 Å². The van der Waals surface area contributed by atoms with Crippen molar-refractivity contribution in [2.45, 2.75) is 32.7 Å². The van der Waals surface area contributed by atoms with Crippen LogP contribution in [0.4, 0.5) is 0 Å². The van der Waals surface area contributed by atoms with Crippen molar-refractivity contribution in [3.8, 4) is 0 Å². The van der Waals surface area contributed by atoms with E-state index in [1.54, 1.807) is 0 Å². The Bertz CT molecular complexity index is 239. The Morgan fingerprint density at radius 2 is 2.00 bits per heavy atom. The van der Waals surface area contributed by atoms with Crippen molar-refractivity contribution in [1.82, 2.24) is 15.1 Å². The molecule has 0 aromatic heterocycles. The lowest BCUT2D eigenvalue weighted by atomic mass is 10.2. The number of amides is 1. The van der Waals surface area contributed by atoms with Crippen LogP contribution in [0, 0.1) is 0 Å². The van der Waals surface area contributed by atoms with E-state index in [1.165, 1.54) is 0 Å². The Labute approximate surface area is 111 Å². The first-order valence-corrected chi connectivity index (χ1v) is 7.13. The molecule has 0 radical (unpaired) electrons. The van der Waals surface area contributed by atoms with Gasteiger partial charge in [0.1, 0.15) is 0 Å². The normalized spacial score (nSPS) is 19.7. The Morgan fingerprint density at radius 3 is 2.56 bits per heavy atom. The van der Waals surface area contributed by atoms with Crippen molar-refractivity contribution in [1.29, 1.82) is 0 Å². The van der Waals surface area contributed by atoms with Gasteiger partial charge in [0.2, 0.25) is 5.91 Å². The lowest BCUT2D eigenvalue weighted by Gasteiger charge is -2.37. The van der Waals surface area contributed by atoms with Gasteiger partial charge in [0, 0.05) is 32.7 Å². The monoisotopic (exact) mass is 256 g/mol. The molecule has 1 fully saturated rings. The summed E-state index contributed by atoms with van der Waals surface area (Å²) < 4.78 is 0. The highest BCUT2D eigenvalue weighted by molar-refractivity contribution is 5.81. The summed E-state index contributed by atoms with van der Waals surface area (Å²) in [6.07, 6.45) is 2.05. The molecule has 0 aromatic carbocycles. The summed E-state index contributed by atoms with van der Waals surface area (Å²) in [6, 6.07) is -0.00629. The highest BCUT2D eigenvalue weighted by Crippen LogP contribution is 2.06. The molecular weight excluding hydrogens is 228 g/mol. The molecule has 0 spiro atoms. The predicted octanol–water partition coefficient (Wildman–Crippen LogP) is -0.132. The molecule has 0 aliphatic carbocycles. The zero-order chi connectivity index (χ0) is 13.4.